The third-order valence-electron chi connectivity index (χ3n) is 3.90. The molecule has 0 spiro atoms. The Hall–Kier alpha value is -0.0800. The largest absolute Gasteiger partial charge is 0.304 e. The molecule has 3 unspecified atom stereocenters. The number of likely N-dealkylation sites (N-methyl/N-ethyl adjacent to an activating group) is 2. The maximum atomic E-state index is 2.73. The average Bonchev–Trinajstić information content (AvgIpc) is 2.59. The highest BCUT2D eigenvalue weighted by molar-refractivity contribution is 4.99. The minimum absolute atomic E-state index is 0.875. The number of likely N-dealkylation sites (tertiary alicyclic amines) is 2. The van der Waals surface area contributed by atoms with Gasteiger partial charge in [0.1, 0.15) is 0 Å². The average molecular weight is 182 g/mol. The van der Waals surface area contributed by atoms with Crippen LogP contribution in [0.1, 0.15) is 26.7 Å². The second-order valence-corrected chi connectivity index (χ2v) is 4.68. The molecule has 0 saturated carbocycles. The van der Waals surface area contributed by atoms with Crippen LogP contribution in [0.3, 0.4) is 0 Å². The van der Waals surface area contributed by atoms with Crippen LogP contribution < -0.4 is 0 Å². The standard InChI is InChI=1S/C11H22N2/c1-4-10-6-9-7-12(3)8-11(9)13(10)5-2/h9-11H,4-8H2,1-3H3. The lowest BCUT2D eigenvalue weighted by Gasteiger charge is -2.28. The van der Waals surface area contributed by atoms with Crippen LogP contribution in [0.4, 0.5) is 0 Å². The van der Waals surface area contributed by atoms with Gasteiger partial charge < -0.3 is 4.90 Å². The van der Waals surface area contributed by atoms with Gasteiger partial charge in [-0.3, -0.25) is 4.90 Å². The fourth-order valence-corrected chi connectivity index (χ4v) is 3.32. The summed E-state index contributed by atoms with van der Waals surface area (Å²) in [5.74, 6) is 0.967. The van der Waals surface area contributed by atoms with Gasteiger partial charge in [0.2, 0.25) is 0 Å². The zero-order valence-electron chi connectivity index (χ0n) is 9.16. The highest BCUT2D eigenvalue weighted by atomic mass is 15.3. The van der Waals surface area contributed by atoms with E-state index < -0.39 is 0 Å². The van der Waals surface area contributed by atoms with Crippen molar-refractivity contribution in [2.45, 2.75) is 38.8 Å². The van der Waals surface area contributed by atoms with Crippen molar-refractivity contribution in [1.82, 2.24) is 9.80 Å². The Morgan fingerprint density at radius 1 is 1.23 bits per heavy atom. The molecule has 2 aliphatic heterocycles. The Kier molecular flexibility index (Phi) is 2.61. The molecule has 2 rings (SSSR count). The van der Waals surface area contributed by atoms with Crippen LogP contribution in [-0.4, -0.2) is 48.6 Å². The fraction of sp³-hybridized carbons (Fsp3) is 1.00. The molecule has 2 heteroatoms. The molecule has 2 heterocycles. The monoisotopic (exact) mass is 182 g/mol. The molecule has 0 radical (unpaired) electrons. The molecule has 2 nitrogen and oxygen atoms in total. The zero-order chi connectivity index (χ0) is 9.42. The van der Waals surface area contributed by atoms with Gasteiger partial charge in [0.15, 0.2) is 0 Å². The zero-order valence-corrected chi connectivity index (χ0v) is 9.16. The summed E-state index contributed by atoms with van der Waals surface area (Å²) >= 11 is 0. The van der Waals surface area contributed by atoms with Crippen molar-refractivity contribution in [3.63, 3.8) is 0 Å². The summed E-state index contributed by atoms with van der Waals surface area (Å²) in [6.07, 6.45) is 2.78. The van der Waals surface area contributed by atoms with Gasteiger partial charge in [0.05, 0.1) is 0 Å². The lowest BCUT2D eigenvalue weighted by atomic mass is 10.0. The number of hydrogen-bond acceptors (Lipinski definition) is 2. The predicted molar refractivity (Wildman–Crippen MR) is 55.9 cm³/mol. The summed E-state index contributed by atoms with van der Waals surface area (Å²) in [5, 5.41) is 0. The van der Waals surface area contributed by atoms with Crippen molar-refractivity contribution in [1.29, 1.82) is 0 Å². The second-order valence-electron chi connectivity index (χ2n) is 4.68. The van der Waals surface area contributed by atoms with E-state index in [1.54, 1.807) is 0 Å². The maximum absolute atomic E-state index is 2.73. The van der Waals surface area contributed by atoms with Crippen molar-refractivity contribution in [2.75, 3.05) is 26.7 Å². The van der Waals surface area contributed by atoms with E-state index in [2.05, 4.69) is 30.7 Å². The van der Waals surface area contributed by atoms with E-state index in [-0.39, 0.29) is 0 Å². The molecule has 3 atom stereocenters. The van der Waals surface area contributed by atoms with Crippen LogP contribution in [0.5, 0.6) is 0 Å². The summed E-state index contributed by atoms with van der Waals surface area (Å²) in [4.78, 5) is 5.22. The summed E-state index contributed by atoms with van der Waals surface area (Å²) in [6.45, 7) is 8.52. The highest BCUT2D eigenvalue weighted by Gasteiger charge is 2.43. The van der Waals surface area contributed by atoms with Crippen LogP contribution in [0.25, 0.3) is 0 Å². The lowest BCUT2D eigenvalue weighted by Crippen LogP contribution is -2.39. The van der Waals surface area contributed by atoms with Crippen molar-refractivity contribution < 1.29 is 0 Å². The van der Waals surface area contributed by atoms with Crippen molar-refractivity contribution >= 4 is 0 Å². The summed E-state index contributed by atoms with van der Waals surface area (Å²) < 4.78 is 0. The van der Waals surface area contributed by atoms with Crippen LogP contribution in [0, 0.1) is 5.92 Å². The highest BCUT2D eigenvalue weighted by Crippen LogP contribution is 2.35. The molecular formula is C11H22N2. The molecule has 2 aliphatic rings. The minimum Gasteiger partial charge on any atom is -0.304 e. The number of hydrogen-bond donors (Lipinski definition) is 0. The maximum Gasteiger partial charge on any atom is 0.0266 e. The third kappa shape index (κ3) is 1.50. The Bertz CT molecular complexity index is 181. The number of nitrogens with zero attached hydrogens (tertiary/aromatic N) is 2. The van der Waals surface area contributed by atoms with Crippen molar-refractivity contribution in [3.8, 4) is 0 Å². The van der Waals surface area contributed by atoms with E-state index in [0.29, 0.717) is 0 Å². The van der Waals surface area contributed by atoms with E-state index in [1.807, 2.05) is 0 Å². The normalized spacial score (nSPS) is 41.3. The van der Waals surface area contributed by atoms with Gasteiger partial charge in [-0.2, -0.15) is 0 Å². The molecule has 2 saturated heterocycles. The number of rotatable bonds is 2. The smallest absolute Gasteiger partial charge is 0.0266 e. The first-order valence-electron chi connectivity index (χ1n) is 5.70. The van der Waals surface area contributed by atoms with Gasteiger partial charge >= 0.3 is 0 Å². The predicted octanol–water partition coefficient (Wildman–Crippen LogP) is 1.42. The van der Waals surface area contributed by atoms with Gasteiger partial charge in [-0.1, -0.05) is 13.8 Å². The SMILES string of the molecule is CCC1CC2CN(C)CC2N1CC. The molecular weight excluding hydrogens is 160 g/mol. The van der Waals surface area contributed by atoms with Crippen LogP contribution in [0.15, 0.2) is 0 Å². The first-order chi connectivity index (χ1) is 6.26. The van der Waals surface area contributed by atoms with Crippen LogP contribution in [-0.2, 0) is 0 Å². The third-order valence-corrected chi connectivity index (χ3v) is 3.90. The van der Waals surface area contributed by atoms with E-state index in [4.69, 9.17) is 0 Å². The summed E-state index contributed by atoms with van der Waals surface area (Å²) in [7, 11) is 2.26. The fourth-order valence-electron chi connectivity index (χ4n) is 3.32. The molecule has 0 amide bonds. The van der Waals surface area contributed by atoms with Gasteiger partial charge in [0.25, 0.3) is 0 Å². The van der Waals surface area contributed by atoms with Crippen molar-refractivity contribution in [3.05, 3.63) is 0 Å². The lowest BCUT2D eigenvalue weighted by molar-refractivity contribution is 0.186. The second kappa shape index (κ2) is 3.58. The Morgan fingerprint density at radius 2 is 2.00 bits per heavy atom. The molecule has 0 aromatic heterocycles. The molecule has 0 N–H and O–H groups in total. The van der Waals surface area contributed by atoms with E-state index in [0.717, 1.165) is 18.0 Å². The van der Waals surface area contributed by atoms with Gasteiger partial charge in [0, 0.05) is 25.2 Å². The van der Waals surface area contributed by atoms with E-state index in [9.17, 15) is 0 Å². The quantitative estimate of drug-likeness (QED) is 0.637. The molecule has 0 aromatic carbocycles. The minimum atomic E-state index is 0.875. The van der Waals surface area contributed by atoms with E-state index in [1.165, 1.54) is 32.5 Å². The molecule has 0 aliphatic carbocycles. The Labute approximate surface area is 81.9 Å². The Balaban J connectivity index is 2.05. The van der Waals surface area contributed by atoms with Crippen molar-refractivity contribution in [2.24, 2.45) is 5.92 Å². The summed E-state index contributed by atoms with van der Waals surface area (Å²) in [6, 6.07) is 1.76. The van der Waals surface area contributed by atoms with Gasteiger partial charge in [-0.25, -0.2) is 0 Å². The number of fused-ring (bicyclic) bond motifs is 1. The molecule has 76 valence electrons. The molecule has 2 fully saturated rings. The first-order valence-corrected chi connectivity index (χ1v) is 5.70. The van der Waals surface area contributed by atoms with Crippen LogP contribution in [0.2, 0.25) is 0 Å². The first kappa shape index (κ1) is 9.47. The molecule has 0 bridgehead atoms. The molecule has 13 heavy (non-hydrogen) atoms. The van der Waals surface area contributed by atoms with Gasteiger partial charge in [-0.05, 0) is 32.4 Å². The summed E-state index contributed by atoms with van der Waals surface area (Å²) in [5.41, 5.74) is 0. The van der Waals surface area contributed by atoms with Gasteiger partial charge in [-0.15, -0.1) is 0 Å². The topological polar surface area (TPSA) is 6.48 Å². The Morgan fingerprint density at radius 3 is 2.62 bits per heavy atom. The van der Waals surface area contributed by atoms with E-state index >= 15 is 0 Å². The van der Waals surface area contributed by atoms with Crippen LogP contribution >= 0.6 is 0 Å². The molecule has 0 aromatic rings.